The molecule has 0 saturated carbocycles. The summed E-state index contributed by atoms with van der Waals surface area (Å²) in [5.74, 6) is 0.300. The zero-order valence-corrected chi connectivity index (χ0v) is 13.2. The van der Waals surface area contributed by atoms with Crippen LogP contribution in [0.4, 0.5) is 0 Å². The van der Waals surface area contributed by atoms with E-state index in [1.807, 2.05) is 12.1 Å². The minimum absolute atomic E-state index is 0.300. The number of rotatable bonds is 11. The second-order valence-electron chi connectivity index (χ2n) is 5.49. The minimum atomic E-state index is 0.300. The zero-order chi connectivity index (χ0) is 16.0. The van der Waals surface area contributed by atoms with Gasteiger partial charge in [-0.1, -0.05) is 12.1 Å². The van der Waals surface area contributed by atoms with Gasteiger partial charge in [0.05, 0.1) is 12.1 Å². The third kappa shape index (κ3) is 8.29. The molecule has 0 saturated heterocycles. The van der Waals surface area contributed by atoms with Crippen LogP contribution in [0.1, 0.15) is 44.1 Å². The number of phenolic OH excluding ortho intramolecular Hbond substituents is 1. The Bertz CT molecular complexity index is 463. The van der Waals surface area contributed by atoms with Crippen LogP contribution in [0.15, 0.2) is 24.3 Å². The van der Waals surface area contributed by atoms with Crippen molar-refractivity contribution in [3.05, 3.63) is 29.8 Å². The van der Waals surface area contributed by atoms with Gasteiger partial charge in [-0.25, -0.2) is 0 Å². The number of unbranched alkanes of at least 4 members (excludes halogenated alkanes) is 4. The Kier molecular flexibility index (Phi) is 9.50. The molecule has 4 heteroatoms. The molecule has 0 bridgehead atoms. The lowest BCUT2D eigenvalue weighted by Gasteiger charge is -2.22. The van der Waals surface area contributed by atoms with Crippen LogP contribution in [-0.4, -0.2) is 29.6 Å². The lowest BCUT2D eigenvalue weighted by atomic mass is 10.1. The second kappa shape index (κ2) is 11.6. The maximum atomic E-state index is 9.30. The van der Waals surface area contributed by atoms with Gasteiger partial charge in [0.25, 0.3) is 0 Å². The highest BCUT2D eigenvalue weighted by atomic mass is 16.3. The van der Waals surface area contributed by atoms with E-state index >= 15 is 0 Å². The van der Waals surface area contributed by atoms with Gasteiger partial charge < -0.3 is 10.0 Å². The highest BCUT2D eigenvalue weighted by molar-refractivity contribution is 5.25. The molecule has 0 spiro atoms. The molecule has 0 fully saturated rings. The summed E-state index contributed by atoms with van der Waals surface area (Å²) < 4.78 is 0. The molecule has 0 aliphatic heterocycles. The summed E-state index contributed by atoms with van der Waals surface area (Å²) in [4.78, 5) is 2.42. The van der Waals surface area contributed by atoms with E-state index < -0.39 is 0 Å². The van der Waals surface area contributed by atoms with Crippen LogP contribution in [0.5, 0.6) is 5.75 Å². The smallest absolute Gasteiger partial charge is 0.115 e. The summed E-state index contributed by atoms with van der Waals surface area (Å²) in [7, 11) is 0. The third-order valence-electron chi connectivity index (χ3n) is 3.68. The number of benzene rings is 1. The van der Waals surface area contributed by atoms with Crippen molar-refractivity contribution in [3.8, 4) is 17.9 Å². The molecule has 1 N–H and O–H groups in total. The molecular weight excluding hydrogens is 274 g/mol. The van der Waals surface area contributed by atoms with E-state index in [2.05, 4.69) is 17.0 Å². The lowest BCUT2D eigenvalue weighted by molar-refractivity contribution is 0.266. The van der Waals surface area contributed by atoms with Crippen LogP contribution in [-0.2, 0) is 6.42 Å². The molecular formula is C18H25N3O. The Morgan fingerprint density at radius 1 is 0.818 bits per heavy atom. The van der Waals surface area contributed by atoms with Gasteiger partial charge in [0.1, 0.15) is 5.75 Å². The Morgan fingerprint density at radius 3 is 1.86 bits per heavy atom. The van der Waals surface area contributed by atoms with Gasteiger partial charge in [-0.05, 0) is 62.9 Å². The molecule has 0 radical (unpaired) electrons. The predicted octanol–water partition coefficient (Wildman–Crippen LogP) is 3.62. The number of hydrogen-bond acceptors (Lipinski definition) is 4. The molecule has 118 valence electrons. The van der Waals surface area contributed by atoms with Crippen LogP contribution in [0.3, 0.4) is 0 Å². The normalized spacial score (nSPS) is 10.3. The fraction of sp³-hybridized carbons (Fsp3) is 0.556. The van der Waals surface area contributed by atoms with Crippen molar-refractivity contribution in [2.24, 2.45) is 0 Å². The van der Waals surface area contributed by atoms with E-state index in [4.69, 9.17) is 10.5 Å². The molecule has 22 heavy (non-hydrogen) atoms. The van der Waals surface area contributed by atoms with Crippen molar-refractivity contribution in [2.45, 2.75) is 44.9 Å². The van der Waals surface area contributed by atoms with E-state index in [1.54, 1.807) is 12.1 Å². The van der Waals surface area contributed by atoms with Crippen LogP contribution in [0.25, 0.3) is 0 Å². The molecule has 1 aromatic carbocycles. The maximum absolute atomic E-state index is 9.30. The molecule has 1 aromatic rings. The molecule has 0 amide bonds. The van der Waals surface area contributed by atoms with Crippen molar-refractivity contribution in [3.63, 3.8) is 0 Å². The van der Waals surface area contributed by atoms with E-state index in [0.29, 0.717) is 18.6 Å². The maximum Gasteiger partial charge on any atom is 0.115 e. The first-order valence-electron chi connectivity index (χ1n) is 8.00. The Labute approximate surface area is 133 Å². The fourth-order valence-corrected chi connectivity index (χ4v) is 2.36. The van der Waals surface area contributed by atoms with Crippen molar-refractivity contribution < 1.29 is 5.11 Å². The molecule has 0 aromatic heterocycles. The summed E-state index contributed by atoms with van der Waals surface area (Å²) in [6.45, 7) is 2.99. The van der Waals surface area contributed by atoms with Crippen LogP contribution in [0.2, 0.25) is 0 Å². The van der Waals surface area contributed by atoms with Gasteiger partial charge >= 0.3 is 0 Å². The largest absolute Gasteiger partial charge is 0.508 e. The highest BCUT2D eigenvalue weighted by Gasteiger charge is 2.05. The molecule has 0 heterocycles. The average molecular weight is 299 g/mol. The Balaban J connectivity index is 2.36. The molecule has 0 unspecified atom stereocenters. The van der Waals surface area contributed by atoms with Gasteiger partial charge in [0, 0.05) is 19.4 Å². The third-order valence-corrected chi connectivity index (χ3v) is 3.68. The van der Waals surface area contributed by atoms with Crippen molar-refractivity contribution in [2.75, 3.05) is 19.6 Å². The van der Waals surface area contributed by atoms with Gasteiger partial charge in [-0.2, -0.15) is 10.5 Å². The van der Waals surface area contributed by atoms with E-state index in [-0.39, 0.29) is 0 Å². The quantitative estimate of drug-likeness (QED) is 0.633. The second-order valence-corrected chi connectivity index (χ2v) is 5.49. The van der Waals surface area contributed by atoms with Crippen molar-refractivity contribution >= 4 is 0 Å². The molecule has 4 nitrogen and oxygen atoms in total. The SMILES string of the molecule is N#CCCCCN(CCCCC#N)CCc1ccc(O)cc1. The van der Waals surface area contributed by atoms with E-state index in [9.17, 15) is 5.11 Å². The van der Waals surface area contributed by atoms with Gasteiger partial charge in [-0.15, -0.1) is 0 Å². The fourth-order valence-electron chi connectivity index (χ4n) is 2.36. The minimum Gasteiger partial charge on any atom is -0.508 e. The number of nitrogens with zero attached hydrogens (tertiary/aromatic N) is 3. The number of hydrogen-bond donors (Lipinski definition) is 1. The van der Waals surface area contributed by atoms with Gasteiger partial charge in [0.15, 0.2) is 0 Å². The van der Waals surface area contributed by atoms with Gasteiger partial charge in [-0.3, -0.25) is 0 Å². The Hall–Kier alpha value is -2.04. The van der Waals surface area contributed by atoms with Crippen molar-refractivity contribution in [1.29, 1.82) is 10.5 Å². The Morgan fingerprint density at radius 2 is 1.36 bits per heavy atom. The first-order valence-corrected chi connectivity index (χ1v) is 8.00. The zero-order valence-electron chi connectivity index (χ0n) is 13.2. The monoisotopic (exact) mass is 299 g/mol. The molecule has 1 rings (SSSR count). The molecule has 0 aliphatic rings. The van der Waals surface area contributed by atoms with Crippen LogP contribution >= 0.6 is 0 Å². The molecule has 0 aliphatic carbocycles. The van der Waals surface area contributed by atoms with E-state index in [1.165, 1.54) is 5.56 Å². The summed E-state index contributed by atoms with van der Waals surface area (Å²) in [6, 6.07) is 11.7. The number of phenols is 1. The summed E-state index contributed by atoms with van der Waals surface area (Å²) in [6.07, 6.45) is 6.19. The summed E-state index contributed by atoms with van der Waals surface area (Å²) >= 11 is 0. The van der Waals surface area contributed by atoms with Crippen molar-refractivity contribution in [1.82, 2.24) is 4.90 Å². The number of nitriles is 2. The average Bonchev–Trinajstić information content (AvgIpc) is 2.54. The summed E-state index contributed by atoms with van der Waals surface area (Å²) in [5, 5.41) is 26.5. The number of aromatic hydroxyl groups is 1. The predicted molar refractivity (Wildman–Crippen MR) is 87.2 cm³/mol. The first kappa shape index (κ1) is 18.0. The van der Waals surface area contributed by atoms with Crippen LogP contribution < -0.4 is 0 Å². The summed E-state index contributed by atoms with van der Waals surface area (Å²) in [5.41, 5.74) is 1.22. The topological polar surface area (TPSA) is 71.0 Å². The highest BCUT2D eigenvalue weighted by Crippen LogP contribution is 2.11. The van der Waals surface area contributed by atoms with Crippen LogP contribution in [0, 0.1) is 22.7 Å². The first-order chi connectivity index (χ1) is 10.8. The van der Waals surface area contributed by atoms with Gasteiger partial charge in [0.2, 0.25) is 0 Å². The lowest BCUT2D eigenvalue weighted by Crippen LogP contribution is -2.28. The molecule has 0 atom stereocenters. The van der Waals surface area contributed by atoms with E-state index in [0.717, 1.165) is 51.7 Å². The standard InChI is InChI=1S/C18H25N3O/c19-12-3-1-5-14-21(15-6-2-4-13-20)16-11-17-7-9-18(22)10-8-17/h7-10,22H,1-6,11,14-16H2.